The van der Waals surface area contributed by atoms with E-state index in [0.717, 1.165) is 45.7 Å². The fourth-order valence-electron chi connectivity index (χ4n) is 3.05. The third-order valence-corrected chi connectivity index (χ3v) is 4.64. The Morgan fingerprint density at radius 1 is 1.15 bits per heavy atom. The number of hydrogen-bond donors (Lipinski definition) is 1. The Balaban J connectivity index is 1.60. The van der Waals surface area contributed by atoms with Crippen molar-refractivity contribution in [2.75, 3.05) is 52.5 Å². The number of nitrogens with one attached hydrogen (secondary N) is 1. The van der Waals surface area contributed by atoms with Gasteiger partial charge < -0.3 is 15.0 Å². The summed E-state index contributed by atoms with van der Waals surface area (Å²) in [6.45, 7) is 7.62. The molecule has 0 atom stereocenters. The van der Waals surface area contributed by atoms with Crippen LogP contribution in [0.25, 0.3) is 0 Å². The Morgan fingerprint density at radius 2 is 1.88 bits per heavy atom. The highest BCUT2D eigenvalue weighted by molar-refractivity contribution is 5.77. The lowest BCUT2D eigenvalue weighted by Crippen LogP contribution is -2.42. The zero-order chi connectivity index (χ0) is 18.6. The second-order valence-electron chi connectivity index (χ2n) is 6.65. The molecule has 6 heteroatoms. The molecule has 2 rings (SSSR count). The van der Waals surface area contributed by atoms with Gasteiger partial charge in [0.15, 0.2) is 0 Å². The van der Waals surface area contributed by atoms with E-state index in [1.54, 1.807) is 11.8 Å². The normalized spacial score (nSPS) is 14.8. The summed E-state index contributed by atoms with van der Waals surface area (Å²) in [6, 6.07) is 10.3. The minimum absolute atomic E-state index is 0.00701. The Labute approximate surface area is 156 Å². The van der Waals surface area contributed by atoms with E-state index in [1.165, 1.54) is 5.56 Å². The van der Waals surface area contributed by atoms with E-state index in [-0.39, 0.29) is 11.8 Å². The fourth-order valence-corrected chi connectivity index (χ4v) is 3.05. The van der Waals surface area contributed by atoms with Crippen molar-refractivity contribution in [2.45, 2.75) is 26.2 Å². The van der Waals surface area contributed by atoms with Gasteiger partial charge in [0, 0.05) is 52.6 Å². The smallest absolute Gasteiger partial charge is 0.221 e. The van der Waals surface area contributed by atoms with Gasteiger partial charge in [0.25, 0.3) is 0 Å². The lowest BCUT2D eigenvalue weighted by Gasteiger charge is -2.26. The molecule has 1 aromatic rings. The van der Waals surface area contributed by atoms with Crippen LogP contribution in [0.3, 0.4) is 0 Å². The van der Waals surface area contributed by atoms with Gasteiger partial charge in [0.2, 0.25) is 11.8 Å². The van der Waals surface area contributed by atoms with Crippen LogP contribution in [0.2, 0.25) is 0 Å². The van der Waals surface area contributed by atoms with Gasteiger partial charge in [0.05, 0.1) is 13.2 Å². The highest BCUT2D eigenvalue weighted by Crippen LogP contribution is 2.04. The maximum atomic E-state index is 12.0. The second kappa shape index (κ2) is 11.6. The largest absolute Gasteiger partial charge is 0.379 e. The summed E-state index contributed by atoms with van der Waals surface area (Å²) in [5, 5.41) is 2.95. The molecule has 2 amide bonds. The molecule has 6 nitrogen and oxygen atoms in total. The molecule has 1 fully saturated rings. The average molecular weight is 361 g/mol. The summed E-state index contributed by atoms with van der Waals surface area (Å²) in [4.78, 5) is 27.9. The van der Waals surface area contributed by atoms with Crippen molar-refractivity contribution in [2.24, 2.45) is 0 Å². The van der Waals surface area contributed by atoms with E-state index in [4.69, 9.17) is 4.74 Å². The molecule has 0 spiro atoms. The van der Waals surface area contributed by atoms with Crippen LogP contribution in [-0.2, 0) is 20.7 Å². The molecule has 0 aromatic heterocycles. The highest BCUT2D eigenvalue weighted by atomic mass is 16.5. The Hall–Kier alpha value is -1.92. The molecule has 0 aliphatic carbocycles. The molecule has 1 aliphatic heterocycles. The summed E-state index contributed by atoms with van der Waals surface area (Å²) < 4.78 is 5.31. The first-order chi connectivity index (χ1) is 12.6. The minimum Gasteiger partial charge on any atom is -0.379 e. The number of hydrogen-bond acceptors (Lipinski definition) is 4. The molecular weight excluding hydrogens is 330 g/mol. The molecule has 1 aromatic carbocycles. The van der Waals surface area contributed by atoms with E-state index >= 15 is 0 Å². The predicted molar refractivity (Wildman–Crippen MR) is 102 cm³/mol. The van der Waals surface area contributed by atoms with Gasteiger partial charge in [-0.1, -0.05) is 30.3 Å². The number of morpholine rings is 1. The number of benzene rings is 1. The molecule has 26 heavy (non-hydrogen) atoms. The van der Waals surface area contributed by atoms with Crippen LogP contribution in [0.5, 0.6) is 0 Å². The Bertz CT molecular complexity index is 544. The van der Waals surface area contributed by atoms with Gasteiger partial charge in [-0.25, -0.2) is 0 Å². The van der Waals surface area contributed by atoms with Crippen LogP contribution < -0.4 is 5.32 Å². The molecule has 0 unspecified atom stereocenters. The number of nitrogens with zero attached hydrogens (tertiary/aromatic N) is 2. The molecule has 0 saturated carbocycles. The molecule has 144 valence electrons. The summed E-state index contributed by atoms with van der Waals surface area (Å²) in [5.74, 6) is 0.0340. The van der Waals surface area contributed by atoms with Crippen LogP contribution in [0.1, 0.15) is 25.3 Å². The van der Waals surface area contributed by atoms with Crippen molar-refractivity contribution in [1.82, 2.24) is 15.1 Å². The lowest BCUT2D eigenvalue weighted by molar-refractivity contribution is -0.129. The number of amides is 2. The Kier molecular flexibility index (Phi) is 9.14. The van der Waals surface area contributed by atoms with Crippen molar-refractivity contribution < 1.29 is 14.3 Å². The maximum absolute atomic E-state index is 12.0. The van der Waals surface area contributed by atoms with Crippen LogP contribution in [0.4, 0.5) is 0 Å². The third-order valence-electron chi connectivity index (χ3n) is 4.64. The quantitative estimate of drug-likeness (QED) is 0.683. The molecule has 0 radical (unpaired) electrons. The van der Waals surface area contributed by atoms with E-state index in [9.17, 15) is 9.59 Å². The van der Waals surface area contributed by atoms with Crippen molar-refractivity contribution in [3.63, 3.8) is 0 Å². The van der Waals surface area contributed by atoms with E-state index < -0.39 is 0 Å². The second-order valence-corrected chi connectivity index (χ2v) is 6.65. The number of ether oxygens (including phenoxy) is 1. The number of carbonyl (C=O) groups is 2. The number of rotatable bonds is 10. The first-order valence-corrected chi connectivity index (χ1v) is 9.51. The SMILES string of the molecule is CC(=O)N(CCCc1ccccc1)CCC(=O)NCCN1CCOCC1. The van der Waals surface area contributed by atoms with Gasteiger partial charge in [-0.15, -0.1) is 0 Å². The lowest BCUT2D eigenvalue weighted by atomic mass is 10.1. The summed E-state index contributed by atoms with van der Waals surface area (Å²) in [6.07, 6.45) is 2.20. The summed E-state index contributed by atoms with van der Waals surface area (Å²) in [7, 11) is 0. The van der Waals surface area contributed by atoms with E-state index in [0.29, 0.717) is 26.1 Å². The van der Waals surface area contributed by atoms with E-state index in [1.807, 2.05) is 18.2 Å². The predicted octanol–water partition coefficient (Wildman–Crippen LogP) is 1.31. The Morgan fingerprint density at radius 3 is 2.58 bits per heavy atom. The highest BCUT2D eigenvalue weighted by Gasteiger charge is 2.12. The molecule has 1 heterocycles. The van der Waals surface area contributed by atoms with Crippen molar-refractivity contribution in [3.8, 4) is 0 Å². The maximum Gasteiger partial charge on any atom is 0.221 e. The first-order valence-electron chi connectivity index (χ1n) is 9.51. The van der Waals surface area contributed by atoms with Gasteiger partial charge in [-0.05, 0) is 18.4 Å². The molecular formula is C20H31N3O3. The van der Waals surface area contributed by atoms with Gasteiger partial charge in [-0.3, -0.25) is 14.5 Å². The van der Waals surface area contributed by atoms with Crippen LogP contribution in [0, 0.1) is 0 Å². The van der Waals surface area contributed by atoms with Crippen LogP contribution in [0.15, 0.2) is 30.3 Å². The van der Waals surface area contributed by atoms with Gasteiger partial charge >= 0.3 is 0 Å². The molecule has 0 bridgehead atoms. The van der Waals surface area contributed by atoms with E-state index in [2.05, 4.69) is 22.3 Å². The van der Waals surface area contributed by atoms with Gasteiger partial charge in [-0.2, -0.15) is 0 Å². The number of carbonyl (C=O) groups excluding carboxylic acids is 2. The van der Waals surface area contributed by atoms with Crippen molar-refractivity contribution in [3.05, 3.63) is 35.9 Å². The fraction of sp³-hybridized carbons (Fsp3) is 0.600. The standard InChI is InChI=1S/C20H31N3O3/c1-18(24)23(11-5-8-19-6-3-2-4-7-19)12-9-20(25)21-10-13-22-14-16-26-17-15-22/h2-4,6-7H,5,8-17H2,1H3,(H,21,25). The zero-order valence-electron chi connectivity index (χ0n) is 15.8. The summed E-state index contributed by atoms with van der Waals surface area (Å²) >= 11 is 0. The molecule has 1 N–H and O–H groups in total. The van der Waals surface area contributed by atoms with Crippen LogP contribution in [-0.4, -0.2) is 74.1 Å². The van der Waals surface area contributed by atoms with Crippen molar-refractivity contribution >= 4 is 11.8 Å². The monoisotopic (exact) mass is 361 g/mol. The van der Waals surface area contributed by atoms with Crippen LogP contribution >= 0.6 is 0 Å². The zero-order valence-corrected chi connectivity index (χ0v) is 15.8. The molecule has 1 saturated heterocycles. The van der Waals surface area contributed by atoms with Crippen molar-refractivity contribution in [1.29, 1.82) is 0 Å². The topological polar surface area (TPSA) is 61.9 Å². The number of aryl methyl sites for hydroxylation is 1. The molecule has 1 aliphatic rings. The van der Waals surface area contributed by atoms with Gasteiger partial charge in [0.1, 0.15) is 0 Å². The first kappa shape index (κ1) is 20.4. The minimum atomic E-state index is 0.00701. The summed E-state index contributed by atoms with van der Waals surface area (Å²) in [5.41, 5.74) is 1.27. The third kappa shape index (κ3) is 7.97. The average Bonchev–Trinajstić information content (AvgIpc) is 2.66.